The van der Waals surface area contributed by atoms with Crippen LogP contribution in [0.3, 0.4) is 0 Å². The zero-order chi connectivity index (χ0) is 20.2. The van der Waals surface area contributed by atoms with E-state index in [4.69, 9.17) is 9.72 Å². The molecule has 4 rings (SSSR count). The fourth-order valence-electron chi connectivity index (χ4n) is 3.52. The first-order valence-corrected chi connectivity index (χ1v) is 11.1. The average Bonchev–Trinajstić information content (AvgIpc) is 3.17. The Bertz CT molecular complexity index is 975. The molecule has 152 valence electrons. The first kappa shape index (κ1) is 19.7. The van der Waals surface area contributed by atoms with Crippen LogP contribution in [0.25, 0.3) is 10.2 Å². The number of anilines is 1. The lowest BCUT2D eigenvalue weighted by Crippen LogP contribution is -2.29. The smallest absolute Gasteiger partial charge is 0.251 e. The van der Waals surface area contributed by atoms with Gasteiger partial charge in [0, 0.05) is 25.2 Å². The first-order chi connectivity index (χ1) is 14.1. The van der Waals surface area contributed by atoms with E-state index in [2.05, 4.69) is 10.2 Å². The van der Waals surface area contributed by atoms with Gasteiger partial charge in [-0.05, 0) is 69.0 Å². The molecular weight excluding hydrogens is 382 g/mol. The van der Waals surface area contributed by atoms with Gasteiger partial charge >= 0.3 is 0 Å². The Hall–Kier alpha value is -2.60. The molecule has 0 atom stereocenters. The van der Waals surface area contributed by atoms with Gasteiger partial charge in [0.2, 0.25) is 0 Å². The SMILES string of the molecule is CC(C)Oc1ccc(CNC(=O)c2ccc3nc(N4CCCCC4)sc3c2)cc1. The van der Waals surface area contributed by atoms with E-state index in [1.807, 2.05) is 56.3 Å². The number of nitrogens with zero attached hydrogens (tertiary/aromatic N) is 2. The molecule has 0 spiro atoms. The highest BCUT2D eigenvalue weighted by atomic mass is 32.1. The summed E-state index contributed by atoms with van der Waals surface area (Å²) in [5, 5.41) is 4.07. The molecule has 1 N–H and O–H groups in total. The summed E-state index contributed by atoms with van der Waals surface area (Å²) in [5.74, 6) is 0.776. The number of thiazole rings is 1. The Labute approximate surface area is 175 Å². The predicted octanol–water partition coefficient (Wildman–Crippen LogP) is 5.00. The van der Waals surface area contributed by atoms with E-state index >= 15 is 0 Å². The number of benzene rings is 2. The highest BCUT2D eigenvalue weighted by Gasteiger charge is 2.16. The summed E-state index contributed by atoms with van der Waals surface area (Å²) in [6, 6.07) is 13.6. The lowest BCUT2D eigenvalue weighted by molar-refractivity contribution is 0.0951. The summed E-state index contributed by atoms with van der Waals surface area (Å²) in [5.41, 5.74) is 2.68. The molecule has 1 fully saturated rings. The molecule has 2 heterocycles. The maximum atomic E-state index is 12.6. The zero-order valence-electron chi connectivity index (χ0n) is 17.0. The molecule has 0 saturated carbocycles. The van der Waals surface area contributed by atoms with Crippen molar-refractivity contribution in [2.75, 3.05) is 18.0 Å². The molecule has 1 aliphatic heterocycles. The Balaban J connectivity index is 1.40. The second-order valence-electron chi connectivity index (χ2n) is 7.72. The summed E-state index contributed by atoms with van der Waals surface area (Å²) in [6.07, 6.45) is 3.92. The fourth-order valence-corrected chi connectivity index (χ4v) is 4.57. The molecule has 5 nitrogen and oxygen atoms in total. The van der Waals surface area contributed by atoms with Gasteiger partial charge in [0.1, 0.15) is 5.75 Å². The maximum absolute atomic E-state index is 12.6. The molecule has 0 radical (unpaired) electrons. The second-order valence-corrected chi connectivity index (χ2v) is 8.73. The first-order valence-electron chi connectivity index (χ1n) is 10.3. The fraction of sp³-hybridized carbons (Fsp3) is 0.391. The number of carbonyl (C=O) groups excluding carboxylic acids is 1. The number of nitrogens with one attached hydrogen (secondary N) is 1. The summed E-state index contributed by atoms with van der Waals surface area (Å²) in [4.78, 5) is 19.7. The Kier molecular flexibility index (Phi) is 6.00. The molecule has 6 heteroatoms. The maximum Gasteiger partial charge on any atom is 0.251 e. The number of amides is 1. The molecule has 0 aliphatic carbocycles. The normalized spacial score (nSPS) is 14.4. The van der Waals surface area contributed by atoms with Crippen LogP contribution < -0.4 is 15.0 Å². The van der Waals surface area contributed by atoms with E-state index < -0.39 is 0 Å². The molecule has 2 aromatic carbocycles. The van der Waals surface area contributed by atoms with Gasteiger partial charge in [-0.3, -0.25) is 4.79 Å². The summed E-state index contributed by atoms with van der Waals surface area (Å²) in [7, 11) is 0. The van der Waals surface area contributed by atoms with Crippen LogP contribution in [0, 0.1) is 0 Å². The van der Waals surface area contributed by atoms with E-state index in [0.717, 1.165) is 39.8 Å². The van der Waals surface area contributed by atoms with Crippen molar-refractivity contribution >= 4 is 32.6 Å². The molecule has 0 unspecified atom stereocenters. The molecule has 1 amide bonds. The van der Waals surface area contributed by atoms with Gasteiger partial charge in [-0.2, -0.15) is 0 Å². The number of fused-ring (bicyclic) bond motifs is 1. The van der Waals surface area contributed by atoms with Crippen LogP contribution >= 0.6 is 11.3 Å². The van der Waals surface area contributed by atoms with Crippen molar-refractivity contribution < 1.29 is 9.53 Å². The monoisotopic (exact) mass is 409 g/mol. The standard InChI is InChI=1S/C23H27N3O2S/c1-16(2)28-19-9-6-17(7-10-19)15-24-22(27)18-8-11-20-21(14-18)29-23(25-20)26-12-4-3-5-13-26/h6-11,14,16H,3-5,12-13,15H2,1-2H3,(H,24,27). The summed E-state index contributed by atoms with van der Waals surface area (Å²) in [6.45, 7) is 6.65. The highest BCUT2D eigenvalue weighted by molar-refractivity contribution is 7.22. The van der Waals surface area contributed by atoms with Crippen molar-refractivity contribution in [3.05, 3.63) is 53.6 Å². The molecule has 1 aromatic heterocycles. The van der Waals surface area contributed by atoms with Crippen LogP contribution in [0.5, 0.6) is 5.75 Å². The van der Waals surface area contributed by atoms with Crippen molar-refractivity contribution in [2.24, 2.45) is 0 Å². The third kappa shape index (κ3) is 4.88. The van der Waals surface area contributed by atoms with E-state index in [1.165, 1.54) is 19.3 Å². The molecular formula is C23H27N3O2S. The number of aromatic nitrogens is 1. The van der Waals surface area contributed by atoms with Crippen LogP contribution in [0.2, 0.25) is 0 Å². The molecule has 1 aliphatic rings. The highest BCUT2D eigenvalue weighted by Crippen LogP contribution is 2.31. The van der Waals surface area contributed by atoms with E-state index in [0.29, 0.717) is 12.1 Å². The minimum Gasteiger partial charge on any atom is -0.491 e. The van der Waals surface area contributed by atoms with Crippen molar-refractivity contribution in [3.8, 4) is 5.75 Å². The molecule has 1 saturated heterocycles. The van der Waals surface area contributed by atoms with Gasteiger partial charge in [-0.25, -0.2) is 4.98 Å². The predicted molar refractivity (Wildman–Crippen MR) is 119 cm³/mol. The van der Waals surface area contributed by atoms with Gasteiger partial charge < -0.3 is 15.0 Å². The minimum atomic E-state index is -0.0673. The Morgan fingerprint density at radius 3 is 2.62 bits per heavy atom. The molecule has 29 heavy (non-hydrogen) atoms. The van der Waals surface area contributed by atoms with Crippen molar-refractivity contribution in [2.45, 2.75) is 45.8 Å². The van der Waals surface area contributed by atoms with E-state index in [1.54, 1.807) is 11.3 Å². The van der Waals surface area contributed by atoms with Crippen LogP contribution in [-0.2, 0) is 6.54 Å². The third-order valence-corrected chi connectivity index (χ3v) is 6.09. The second kappa shape index (κ2) is 8.82. The largest absolute Gasteiger partial charge is 0.491 e. The minimum absolute atomic E-state index is 0.0673. The quantitative estimate of drug-likeness (QED) is 0.622. The van der Waals surface area contributed by atoms with Gasteiger partial charge in [0.25, 0.3) is 5.91 Å². The van der Waals surface area contributed by atoms with Crippen LogP contribution in [-0.4, -0.2) is 30.1 Å². The Morgan fingerprint density at radius 2 is 1.90 bits per heavy atom. The van der Waals surface area contributed by atoms with Gasteiger partial charge in [0.05, 0.1) is 16.3 Å². The number of ether oxygens (including phenoxy) is 1. The zero-order valence-corrected chi connectivity index (χ0v) is 17.8. The van der Waals surface area contributed by atoms with E-state index in [9.17, 15) is 4.79 Å². The summed E-state index contributed by atoms with van der Waals surface area (Å²) >= 11 is 1.68. The topological polar surface area (TPSA) is 54.5 Å². The van der Waals surface area contributed by atoms with Gasteiger partial charge in [0.15, 0.2) is 5.13 Å². The van der Waals surface area contributed by atoms with Gasteiger partial charge in [-0.1, -0.05) is 23.5 Å². The van der Waals surface area contributed by atoms with Crippen LogP contribution in [0.4, 0.5) is 5.13 Å². The number of hydrogen-bond donors (Lipinski definition) is 1. The third-order valence-electron chi connectivity index (χ3n) is 5.01. The number of piperidine rings is 1. The van der Waals surface area contributed by atoms with Crippen molar-refractivity contribution in [1.82, 2.24) is 10.3 Å². The average molecular weight is 410 g/mol. The molecule has 3 aromatic rings. The number of carbonyl (C=O) groups is 1. The van der Waals surface area contributed by atoms with Crippen LogP contribution in [0.15, 0.2) is 42.5 Å². The van der Waals surface area contributed by atoms with Crippen molar-refractivity contribution in [3.63, 3.8) is 0 Å². The number of hydrogen-bond acceptors (Lipinski definition) is 5. The lowest BCUT2D eigenvalue weighted by atomic mass is 10.1. The molecule has 0 bridgehead atoms. The lowest BCUT2D eigenvalue weighted by Gasteiger charge is -2.25. The van der Waals surface area contributed by atoms with Gasteiger partial charge in [-0.15, -0.1) is 0 Å². The van der Waals surface area contributed by atoms with Crippen molar-refractivity contribution in [1.29, 1.82) is 0 Å². The van der Waals surface area contributed by atoms with Crippen LogP contribution in [0.1, 0.15) is 49.0 Å². The Morgan fingerprint density at radius 1 is 1.14 bits per heavy atom. The number of rotatable bonds is 6. The van der Waals surface area contributed by atoms with E-state index in [-0.39, 0.29) is 12.0 Å². The summed E-state index contributed by atoms with van der Waals surface area (Å²) < 4.78 is 6.72.